The van der Waals surface area contributed by atoms with E-state index in [0.717, 1.165) is 12.1 Å². The van der Waals surface area contributed by atoms with E-state index in [1.165, 1.54) is 12.1 Å². The average Bonchev–Trinajstić information content (AvgIpc) is 3.02. The van der Waals surface area contributed by atoms with E-state index in [2.05, 4.69) is 5.32 Å². The van der Waals surface area contributed by atoms with Gasteiger partial charge in [0, 0.05) is 22.4 Å². The molecule has 0 atom stereocenters. The molecule has 4 rings (SSSR count). The number of rotatable bonds is 4. The van der Waals surface area contributed by atoms with Crippen molar-refractivity contribution in [1.82, 2.24) is 0 Å². The summed E-state index contributed by atoms with van der Waals surface area (Å²) in [6.07, 6.45) is -2.89. The molecule has 0 aromatic heterocycles. The summed E-state index contributed by atoms with van der Waals surface area (Å²) in [4.78, 5) is 12.2. The summed E-state index contributed by atoms with van der Waals surface area (Å²) in [6, 6.07) is 16.2. The Labute approximate surface area is 169 Å². The van der Waals surface area contributed by atoms with Gasteiger partial charge >= 0.3 is 6.18 Å². The largest absolute Gasteiger partial charge is 0.489 e. The van der Waals surface area contributed by atoms with E-state index < -0.39 is 17.6 Å². The van der Waals surface area contributed by atoms with Crippen LogP contribution in [0.2, 0.25) is 0 Å². The van der Waals surface area contributed by atoms with Crippen LogP contribution >= 0.6 is 0 Å². The van der Waals surface area contributed by atoms with Gasteiger partial charge in [-0.2, -0.15) is 13.2 Å². The summed E-state index contributed by atoms with van der Waals surface area (Å²) in [6.45, 7) is 0.0738. The second-order valence-corrected chi connectivity index (χ2v) is 6.72. The van der Waals surface area contributed by atoms with Crippen LogP contribution < -0.4 is 10.1 Å². The first-order chi connectivity index (χ1) is 14.3. The molecule has 152 valence electrons. The Morgan fingerprint density at radius 2 is 1.70 bits per heavy atom. The predicted octanol–water partition coefficient (Wildman–Crippen LogP) is 5.92. The Morgan fingerprint density at radius 3 is 2.40 bits per heavy atom. The molecule has 0 spiro atoms. The number of hydrogen-bond donors (Lipinski definition) is 1. The van der Waals surface area contributed by atoms with Crippen molar-refractivity contribution >= 4 is 23.2 Å². The molecule has 7 heteroatoms. The lowest BCUT2D eigenvalue weighted by atomic mass is 10.0. The summed E-state index contributed by atoms with van der Waals surface area (Å²) in [5.74, 6) is -0.297. The van der Waals surface area contributed by atoms with Crippen LogP contribution in [0.15, 0.2) is 66.7 Å². The summed E-state index contributed by atoms with van der Waals surface area (Å²) in [5, 5.41) is 2.47. The fourth-order valence-electron chi connectivity index (χ4n) is 3.12. The summed E-state index contributed by atoms with van der Waals surface area (Å²) < 4.78 is 57.8. The van der Waals surface area contributed by atoms with Crippen molar-refractivity contribution in [2.24, 2.45) is 0 Å². The second-order valence-electron chi connectivity index (χ2n) is 6.72. The minimum atomic E-state index is -4.48. The second kappa shape index (κ2) is 7.67. The molecule has 30 heavy (non-hydrogen) atoms. The number of fused-ring (bicyclic) bond motifs is 1. The third-order valence-electron chi connectivity index (χ3n) is 4.67. The highest BCUT2D eigenvalue weighted by atomic mass is 19.4. The van der Waals surface area contributed by atoms with Crippen molar-refractivity contribution in [3.8, 4) is 5.75 Å². The van der Waals surface area contributed by atoms with Gasteiger partial charge in [0.25, 0.3) is 5.91 Å². The molecule has 3 aromatic rings. The van der Waals surface area contributed by atoms with Gasteiger partial charge in [0.15, 0.2) is 0 Å². The molecule has 3 nitrogen and oxygen atoms in total. The summed E-state index contributed by atoms with van der Waals surface area (Å²) >= 11 is 0. The quantitative estimate of drug-likeness (QED) is 0.426. The number of amides is 1. The van der Waals surface area contributed by atoms with Gasteiger partial charge in [0.05, 0.1) is 5.56 Å². The number of benzene rings is 3. The van der Waals surface area contributed by atoms with Gasteiger partial charge in [-0.15, -0.1) is 0 Å². The van der Waals surface area contributed by atoms with Gasteiger partial charge in [-0.25, -0.2) is 4.39 Å². The molecular weight excluding hydrogens is 398 g/mol. The van der Waals surface area contributed by atoms with Crippen LogP contribution in [0, 0.1) is 5.82 Å². The number of hydrogen-bond acceptors (Lipinski definition) is 2. The molecule has 0 saturated heterocycles. The zero-order valence-electron chi connectivity index (χ0n) is 15.5. The monoisotopic (exact) mass is 413 g/mol. The van der Waals surface area contributed by atoms with Gasteiger partial charge in [0.2, 0.25) is 0 Å². The van der Waals surface area contributed by atoms with Crippen molar-refractivity contribution < 1.29 is 27.1 Å². The summed E-state index contributed by atoms with van der Waals surface area (Å²) in [5.41, 5.74) is 1.10. The molecule has 3 aromatic carbocycles. The van der Waals surface area contributed by atoms with E-state index in [1.54, 1.807) is 48.5 Å². The van der Waals surface area contributed by atoms with E-state index >= 15 is 0 Å². The van der Waals surface area contributed by atoms with Gasteiger partial charge in [-0.05, 0) is 42.0 Å². The Bertz CT molecular complexity index is 1130. The molecular formula is C23H15F4NO2. The molecule has 0 aliphatic carbocycles. The number of ether oxygens (including phenoxy) is 1. The SMILES string of the molecule is O=C1Nc2cc(C(F)(F)F)ccc2/C1=C/c1ccc(OCc2ccccc2F)cc1. The number of alkyl halides is 3. The maximum absolute atomic E-state index is 13.6. The number of halogens is 4. The van der Waals surface area contributed by atoms with E-state index in [-0.39, 0.29) is 23.7 Å². The lowest BCUT2D eigenvalue weighted by molar-refractivity contribution is -0.137. The highest BCUT2D eigenvalue weighted by Gasteiger charge is 2.33. The van der Waals surface area contributed by atoms with Crippen LogP contribution in [0.1, 0.15) is 22.3 Å². The first kappa shape index (κ1) is 19.7. The van der Waals surface area contributed by atoms with E-state index in [1.807, 2.05) is 0 Å². The number of carbonyl (C=O) groups is 1. The Hall–Kier alpha value is -3.61. The summed E-state index contributed by atoms with van der Waals surface area (Å²) in [7, 11) is 0. The molecule has 1 N–H and O–H groups in total. The normalized spacial score (nSPS) is 14.5. The van der Waals surface area contributed by atoms with Crippen molar-refractivity contribution in [3.05, 3.63) is 94.8 Å². The van der Waals surface area contributed by atoms with Crippen molar-refractivity contribution in [2.45, 2.75) is 12.8 Å². The number of anilines is 1. The van der Waals surface area contributed by atoms with Gasteiger partial charge in [-0.1, -0.05) is 36.4 Å². The van der Waals surface area contributed by atoms with Crippen molar-refractivity contribution in [2.75, 3.05) is 5.32 Å². The Balaban J connectivity index is 1.52. The molecule has 0 saturated carbocycles. The van der Waals surface area contributed by atoms with Crippen LogP contribution in [0.5, 0.6) is 5.75 Å². The minimum Gasteiger partial charge on any atom is -0.489 e. The van der Waals surface area contributed by atoms with Gasteiger partial charge < -0.3 is 10.1 Å². The zero-order valence-corrected chi connectivity index (χ0v) is 15.5. The molecule has 1 aliphatic rings. The van der Waals surface area contributed by atoms with Gasteiger partial charge in [-0.3, -0.25) is 4.79 Å². The third kappa shape index (κ3) is 4.05. The minimum absolute atomic E-state index is 0.0738. The highest BCUT2D eigenvalue weighted by Crippen LogP contribution is 2.38. The van der Waals surface area contributed by atoms with Crippen LogP contribution in [0.25, 0.3) is 11.6 Å². The van der Waals surface area contributed by atoms with Crippen LogP contribution in [0.4, 0.5) is 23.2 Å². The van der Waals surface area contributed by atoms with Gasteiger partial charge in [0.1, 0.15) is 18.2 Å². The van der Waals surface area contributed by atoms with Crippen LogP contribution in [0.3, 0.4) is 0 Å². The van der Waals surface area contributed by atoms with E-state index in [4.69, 9.17) is 4.74 Å². The van der Waals surface area contributed by atoms with E-state index in [9.17, 15) is 22.4 Å². The van der Waals surface area contributed by atoms with Crippen molar-refractivity contribution in [3.63, 3.8) is 0 Å². The molecule has 0 bridgehead atoms. The molecule has 0 unspecified atom stereocenters. The zero-order chi connectivity index (χ0) is 21.3. The maximum atomic E-state index is 13.6. The maximum Gasteiger partial charge on any atom is 0.416 e. The molecule has 0 radical (unpaired) electrons. The molecule has 0 fully saturated rings. The lowest BCUT2D eigenvalue weighted by Gasteiger charge is -2.08. The molecule has 1 aliphatic heterocycles. The van der Waals surface area contributed by atoms with Crippen molar-refractivity contribution in [1.29, 1.82) is 0 Å². The van der Waals surface area contributed by atoms with Crippen LogP contribution in [-0.4, -0.2) is 5.91 Å². The average molecular weight is 413 g/mol. The highest BCUT2D eigenvalue weighted by molar-refractivity contribution is 6.34. The standard InChI is InChI=1S/C23H15F4NO2/c24-20-4-2-1-3-15(20)13-30-17-8-5-14(6-9-17)11-19-18-10-7-16(23(25,26)27)12-21(18)28-22(19)29/h1-12H,13H2,(H,28,29)/b19-11-. The fourth-order valence-corrected chi connectivity index (χ4v) is 3.12. The molecule has 1 heterocycles. The smallest absolute Gasteiger partial charge is 0.416 e. The van der Waals surface area contributed by atoms with Crippen LogP contribution in [-0.2, 0) is 17.6 Å². The number of carbonyl (C=O) groups excluding carboxylic acids is 1. The number of nitrogens with one attached hydrogen (secondary N) is 1. The molecule has 1 amide bonds. The fraction of sp³-hybridized carbons (Fsp3) is 0.0870. The first-order valence-electron chi connectivity index (χ1n) is 9.02. The Morgan fingerprint density at radius 1 is 0.967 bits per heavy atom. The first-order valence-corrected chi connectivity index (χ1v) is 9.02. The lowest BCUT2D eigenvalue weighted by Crippen LogP contribution is -2.06. The van der Waals surface area contributed by atoms with E-state index in [0.29, 0.717) is 22.4 Å². The third-order valence-corrected chi connectivity index (χ3v) is 4.67. The topological polar surface area (TPSA) is 38.3 Å². The predicted molar refractivity (Wildman–Crippen MR) is 105 cm³/mol. The Kier molecular flexibility index (Phi) is 5.03.